The molecule has 2 amide bonds. The van der Waals surface area contributed by atoms with Crippen molar-refractivity contribution in [1.82, 2.24) is 5.32 Å². The molecule has 2 aliphatic rings. The maximum absolute atomic E-state index is 12.9. The van der Waals surface area contributed by atoms with Crippen molar-refractivity contribution in [3.63, 3.8) is 0 Å². The molecule has 4 N–H and O–H groups in total. The molecular formula is C18H23N4O3S+. The minimum Gasteiger partial charge on any atom is -0.497 e. The van der Waals surface area contributed by atoms with E-state index in [1.807, 2.05) is 0 Å². The van der Waals surface area contributed by atoms with Crippen LogP contribution in [0.25, 0.3) is 0 Å². The Hall–Kier alpha value is -2.32. The van der Waals surface area contributed by atoms with Crippen LogP contribution >= 0.6 is 12.2 Å². The fourth-order valence-corrected chi connectivity index (χ4v) is 3.57. The molecule has 0 spiro atoms. The van der Waals surface area contributed by atoms with Gasteiger partial charge in [-0.05, 0) is 49.3 Å². The highest BCUT2D eigenvalue weighted by molar-refractivity contribution is 7.80. The fourth-order valence-electron chi connectivity index (χ4n) is 3.28. The largest absolute Gasteiger partial charge is 0.497 e. The molecule has 0 unspecified atom stereocenters. The third-order valence-electron chi connectivity index (χ3n) is 4.83. The number of amides is 2. The van der Waals surface area contributed by atoms with Gasteiger partial charge in [-0.2, -0.15) is 0 Å². The van der Waals surface area contributed by atoms with Crippen molar-refractivity contribution in [3.8, 4) is 5.75 Å². The summed E-state index contributed by atoms with van der Waals surface area (Å²) < 4.78 is 5.13. The van der Waals surface area contributed by atoms with Crippen LogP contribution in [0.1, 0.15) is 25.7 Å². The topological polar surface area (TPSA) is 98.6 Å². The summed E-state index contributed by atoms with van der Waals surface area (Å²) in [6.45, 7) is 0. The standard InChI is InChI=1S/C18H22N4O3S/c1-25-12-8-6-11(7-9-12)22-17(24)13(16(23)21-18(22)26)10-20-15-5-3-2-4-14(15)19/h6-10,13-15H,2-5,19H2,1H3,(H,21,23,26)/p+1/t13-,14-,15+/m0/s1. The minimum absolute atomic E-state index is 0.0627. The molecule has 1 aromatic rings. The van der Waals surface area contributed by atoms with Crippen LogP contribution < -0.4 is 20.7 Å². The van der Waals surface area contributed by atoms with Gasteiger partial charge in [-0.3, -0.25) is 19.5 Å². The maximum atomic E-state index is 12.9. The lowest BCUT2D eigenvalue weighted by Crippen LogP contribution is -2.66. The van der Waals surface area contributed by atoms with Crippen molar-refractivity contribution in [2.75, 3.05) is 12.0 Å². The Balaban J connectivity index is 1.80. The molecule has 3 atom stereocenters. The van der Waals surface area contributed by atoms with Crippen LogP contribution in [0.2, 0.25) is 0 Å². The van der Waals surface area contributed by atoms with Gasteiger partial charge in [0.15, 0.2) is 11.0 Å². The van der Waals surface area contributed by atoms with Gasteiger partial charge in [0.1, 0.15) is 17.8 Å². The first-order valence-corrected chi connectivity index (χ1v) is 9.11. The Morgan fingerprint density at radius 1 is 1.27 bits per heavy atom. The summed E-state index contributed by atoms with van der Waals surface area (Å²) in [5.74, 6) is -1.16. The number of nitrogens with one attached hydrogen (secondary N) is 1. The Kier molecular flexibility index (Phi) is 5.63. The zero-order valence-electron chi connectivity index (χ0n) is 14.7. The lowest BCUT2D eigenvalue weighted by Gasteiger charge is -2.31. The quantitative estimate of drug-likeness (QED) is 0.459. The van der Waals surface area contributed by atoms with Gasteiger partial charge >= 0.3 is 0 Å². The van der Waals surface area contributed by atoms with E-state index in [0.29, 0.717) is 11.4 Å². The van der Waals surface area contributed by atoms with E-state index in [1.165, 1.54) is 11.1 Å². The zero-order valence-corrected chi connectivity index (χ0v) is 15.5. The summed E-state index contributed by atoms with van der Waals surface area (Å²) in [5, 5.41) is 2.67. The van der Waals surface area contributed by atoms with Crippen LogP contribution in [-0.4, -0.2) is 42.3 Å². The smallest absolute Gasteiger partial charge is 0.251 e. The Labute approximate surface area is 157 Å². The molecule has 3 rings (SSSR count). The van der Waals surface area contributed by atoms with Crippen LogP contribution in [0, 0.1) is 5.92 Å². The van der Waals surface area contributed by atoms with E-state index in [9.17, 15) is 9.59 Å². The van der Waals surface area contributed by atoms with Gasteiger partial charge in [0.05, 0.1) is 12.8 Å². The predicted octanol–water partition coefficient (Wildman–Crippen LogP) is 0.683. The van der Waals surface area contributed by atoms with E-state index in [0.717, 1.165) is 25.7 Å². The SMILES string of the molecule is COc1ccc(N2C(=O)[C@@H](C=N[C@@H]3CCCC[C@@H]3[NH3+])C(=O)NC2=S)cc1. The Morgan fingerprint density at radius 2 is 1.96 bits per heavy atom. The molecule has 7 nitrogen and oxygen atoms in total. The summed E-state index contributed by atoms with van der Waals surface area (Å²) >= 11 is 5.19. The monoisotopic (exact) mass is 375 g/mol. The molecule has 0 aromatic heterocycles. The first-order valence-electron chi connectivity index (χ1n) is 8.70. The average molecular weight is 375 g/mol. The average Bonchev–Trinajstić information content (AvgIpc) is 2.63. The van der Waals surface area contributed by atoms with Gasteiger partial charge in [0.2, 0.25) is 5.91 Å². The van der Waals surface area contributed by atoms with E-state index in [2.05, 4.69) is 16.0 Å². The number of anilines is 1. The second-order valence-corrected chi connectivity index (χ2v) is 6.94. The summed E-state index contributed by atoms with van der Waals surface area (Å²) in [6.07, 6.45) is 5.68. The van der Waals surface area contributed by atoms with Crippen molar-refractivity contribution in [2.24, 2.45) is 10.9 Å². The number of carbonyl (C=O) groups is 2. The van der Waals surface area contributed by atoms with Crippen LogP contribution in [0.15, 0.2) is 29.3 Å². The van der Waals surface area contributed by atoms with Crippen molar-refractivity contribution < 1.29 is 20.1 Å². The number of benzene rings is 1. The molecule has 26 heavy (non-hydrogen) atoms. The number of aliphatic imine (C=N–C) groups is 1. The maximum Gasteiger partial charge on any atom is 0.251 e. The molecule has 0 radical (unpaired) electrons. The third-order valence-corrected chi connectivity index (χ3v) is 5.11. The number of methoxy groups -OCH3 is 1. The molecule has 1 saturated heterocycles. The van der Waals surface area contributed by atoms with Crippen molar-refractivity contribution >= 4 is 41.0 Å². The van der Waals surface area contributed by atoms with Gasteiger partial charge in [-0.15, -0.1) is 0 Å². The van der Waals surface area contributed by atoms with E-state index in [1.54, 1.807) is 31.4 Å². The minimum atomic E-state index is -0.988. The van der Waals surface area contributed by atoms with Crippen molar-refractivity contribution in [3.05, 3.63) is 24.3 Å². The second kappa shape index (κ2) is 7.92. The van der Waals surface area contributed by atoms with Gasteiger partial charge in [0, 0.05) is 12.6 Å². The van der Waals surface area contributed by atoms with Crippen LogP contribution in [0.3, 0.4) is 0 Å². The summed E-state index contributed by atoms with van der Waals surface area (Å²) in [7, 11) is 1.57. The Morgan fingerprint density at radius 3 is 2.62 bits per heavy atom. The summed E-state index contributed by atoms with van der Waals surface area (Å²) in [4.78, 5) is 31.0. The van der Waals surface area contributed by atoms with Gasteiger partial charge in [-0.25, -0.2) is 0 Å². The number of hydrogen-bond donors (Lipinski definition) is 2. The fraction of sp³-hybridized carbons (Fsp3) is 0.444. The van der Waals surface area contributed by atoms with E-state index in [-0.39, 0.29) is 17.2 Å². The number of quaternary nitrogens is 1. The molecule has 1 aliphatic heterocycles. The van der Waals surface area contributed by atoms with E-state index in [4.69, 9.17) is 17.0 Å². The van der Waals surface area contributed by atoms with Gasteiger partial charge in [0.25, 0.3) is 5.91 Å². The molecule has 1 aliphatic carbocycles. The first-order chi connectivity index (χ1) is 12.5. The van der Waals surface area contributed by atoms with Crippen LogP contribution in [0.5, 0.6) is 5.75 Å². The molecule has 1 heterocycles. The molecule has 1 aromatic carbocycles. The van der Waals surface area contributed by atoms with Crippen molar-refractivity contribution in [1.29, 1.82) is 0 Å². The number of carbonyl (C=O) groups excluding carboxylic acids is 2. The highest BCUT2D eigenvalue weighted by atomic mass is 32.1. The highest BCUT2D eigenvalue weighted by Crippen LogP contribution is 2.24. The molecule has 1 saturated carbocycles. The van der Waals surface area contributed by atoms with Crippen LogP contribution in [-0.2, 0) is 9.59 Å². The Bertz CT molecular complexity index is 734. The predicted molar refractivity (Wildman–Crippen MR) is 102 cm³/mol. The highest BCUT2D eigenvalue weighted by Gasteiger charge is 2.38. The number of thiocarbonyl (C=S) groups is 1. The summed E-state index contributed by atoms with van der Waals surface area (Å²) in [6, 6.07) is 7.21. The normalized spacial score (nSPS) is 26.9. The molecular weight excluding hydrogens is 352 g/mol. The van der Waals surface area contributed by atoms with Gasteiger partial charge < -0.3 is 15.8 Å². The summed E-state index contributed by atoms with van der Waals surface area (Å²) in [5.41, 5.74) is 4.71. The second-order valence-electron chi connectivity index (χ2n) is 6.55. The lowest BCUT2D eigenvalue weighted by molar-refractivity contribution is -0.428. The number of rotatable bonds is 4. The van der Waals surface area contributed by atoms with E-state index >= 15 is 0 Å². The first kappa shape index (κ1) is 18.5. The number of nitrogens with zero attached hydrogens (tertiary/aromatic N) is 2. The van der Waals surface area contributed by atoms with Gasteiger partial charge in [-0.1, -0.05) is 6.42 Å². The molecule has 138 valence electrons. The number of ether oxygens (including phenoxy) is 1. The zero-order chi connectivity index (χ0) is 18.7. The molecule has 8 heteroatoms. The van der Waals surface area contributed by atoms with Crippen molar-refractivity contribution in [2.45, 2.75) is 37.8 Å². The lowest BCUT2D eigenvalue weighted by atomic mass is 9.91. The van der Waals surface area contributed by atoms with E-state index < -0.39 is 17.7 Å². The third kappa shape index (κ3) is 3.76. The van der Waals surface area contributed by atoms with Crippen LogP contribution in [0.4, 0.5) is 5.69 Å². The number of hydrogen-bond acceptors (Lipinski definition) is 5. The molecule has 2 fully saturated rings. The molecule has 0 bridgehead atoms.